The van der Waals surface area contributed by atoms with E-state index in [1.54, 1.807) is 58.0 Å². The normalized spacial score (nSPS) is 13.8. The minimum Gasteiger partial charge on any atom is -0.496 e. The van der Waals surface area contributed by atoms with Gasteiger partial charge in [0, 0.05) is 45.3 Å². The van der Waals surface area contributed by atoms with Gasteiger partial charge in [0.15, 0.2) is 0 Å². The Morgan fingerprint density at radius 1 is 0.903 bits per heavy atom. The molecule has 3 rings (SSSR count). The molecule has 0 atom stereocenters. The highest BCUT2D eigenvalue weighted by atomic mass is 16.5. The highest BCUT2D eigenvalue weighted by Gasteiger charge is 2.42. The van der Waals surface area contributed by atoms with E-state index in [4.69, 9.17) is 14.2 Å². The lowest BCUT2D eigenvalue weighted by Gasteiger charge is -2.25. The van der Waals surface area contributed by atoms with E-state index in [1.807, 2.05) is 17.0 Å². The highest BCUT2D eigenvalue weighted by Crippen LogP contribution is 2.36. The molecule has 0 aliphatic carbocycles. The predicted molar refractivity (Wildman–Crippen MR) is 115 cm³/mol. The Kier molecular flexibility index (Phi) is 7.75. The average Bonchev–Trinajstić information content (AvgIpc) is 3.04. The van der Waals surface area contributed by atoms with E-state index < -0.39 is 0 Å². The molecule has 0 saturated heterocycles. The fraction of sp³-hybridized carbons (Fsp3) is 0.348. The number of aromatic nitrogens is 1. The van der Waals surface area contributed by atoms with Crippen LogP contribution in [0.1, 0.15) is 11.1 Å². The SMILES string of the molecule is COCCN(CCOC)C1=C(c2ccccc2OC)C(=O)N(Cc2ccncc2)C1=O. The van der Waals surface area contributed by atoms with Crippen molar-refractivity contribution >= 4 is 17.4 Å². The fourth-order valence-corrected chi connectivity index (χ4v) is 3.50. The fourth-order valence-electron chi connectivity index (χ4n) is 3.50. The lowest BCUT2D eigenvalue weighted by atomic mass is 10.0. The van der Waals surface area contributed by atoms with E-state index in [-0.39, 0.29) is 18.4 Å². The summed E-state index contributed by atoms with van der Waals surface area (Å²) in [5.41, 5.74) is 2.05. The first kappa shape index (κ1) is 22.5. The van der Waals surface area contributed by atoms with Crippen LogP contribution in [0.15, 0.2) is 54.5 Å². The zero-order valence-corrected chi connectivity index (χ0v) is 18.0. The molecule has 0 radical (unpaired) electrons. The standard InChI is InChI=1S/C23H27N3O5/c1-29-14-12-25(13-15-30-2)21-20(18-6-4-5-7-19(18)31-3)22(27)26(23(21)28)16-17-8-10-24-11-9-17/h4-11H,12-16H2,1-3H3. The summed E-state index contributed by atoms with van der Waals surface area (Å²) in [6, 6.07) is 10.8. The highest BCUT2D eigenvalue weighted by molar-refractivity contribution is 6.35. The van der Waals surface area contributed by atoms with Crippen LogP contribution in [0.2, 0.25) is 0 Å². The molecule has 0 unspecified atom stereocenters. The molecular formula is C23H27N3O5. The monoisotopic (exact) mass is 425 g/mol. The quantitative estimate of drug-likeness (QED) is 0.509. The Hall–Kier alpha value is -3.23. The number of amides is 2. The molecule has 2 aromatic rings. The van der Waals surface area contributed by atoms with Crippen molar-refractivity contribution in [2.24, 2.45) is 0 Å². The maximum Gasteiger partial charge on any atom is 0.278 e. The topological polar surface area (TPSA) is 81.2 Å². The Morgan fingerprint density at radius 3 is 2.16 bits per heavy atom. The van der Waals surface area contributed by atoms with E-state index in [2.05, 4.69) is 4.98 Å². The molecule has 1 aromatic heterocycles. The Bertz CT molecular complexity index is 937. The van der Waals surface area contributed by atoms with Gasteiger partial charge < -0.3 is 19.1 Å². The number of hydrogen-bond donors (Lipinski definition) is 0. The van der Waals surface area contributed by atoms with Crippen molar-refractivity contribution in [3.05, 3.63) is 65.6 Å². The van der Waals surface area contributed by atoms with Gasteiger partial charge in [-0.2, -0.15) is 0 Å². The molecule has 1 aliphatic rings. The van der Waals surface area contributed by atoms with Crippen molar-refractivity contribution in [1.82, 2.24) is 14.8 Å². The number of benzene rings is 1. The van der Waals surface area contributed by atoms with Crippen LogP contribution in [0, 0.1) is 0 Å². The molecule has 1 aliphatic heterocycles. The Labute approximate surface area is 182 Å². The van der Waals surface area contributed by atoms with E-state index in [0.717, 1.165) is 5.56 Å². The van der Waals surface area contributed by atoms with Gasteiger partial charge in [-0.05, 0) is 23.8 Å². The van der Waals surface area contributed by atoms with Crippen LogP contribution in [0.3, 0.4) is 0 Å². The third kappa shape index (κ3) is 4.92. The van der Waals surface area contributed by atoms with Crippen molar-refractivity contribution in [3.63, 3.8) is 0 Å². The zero-order chi connectivity index (χ0) is 22.2. The second-order valence-corrected chi connectivity index (χ2v) is 6.95. The van der Waals surface area contributed by atoms with Gasteiger partial charge in [-0.15, -0.1) is 0 Å². The number of pyridine rings is 1. The molecular weight excluding hydrogens is 398 g/mol. The lowest BCUT2D eigenvalue weighted by Crippen LogP contribution is -2.37. The van der Waals surface area contributed by atoms with Crippen molar-refractivity contribution in [2.75, 3.05) is 47.6 Å². The van der Waals surface area contributed by atoms with Gasteiger partial charge in [0.25, 0.3) is 11.8 Å². The van der Waals surface area contributed by atoms with Gasteiger partial charge in [-0.25, -0.2) is 0 Å². The largest absolute Gasteiger partial charge is 0.496 e. The van der Waals surface area contributed by atoms with Gasteiger partial charge in [-0.3, -0.25) is 19.5 Å². The number of methoxy groups -OCH3 is 3. The second kappa shape index (κ2) is 10.7. The summed E-state index contributed by atoms with van der Waals surface area (Å²) < 4.78 is 16.0. The predicted octanol–water partition coefficient (Wildman–Crippen LogP) is 1.97. The molecule has 0 saturated carbocycles. The number of hydrogen-bond acceptors (Lipinski definition) is 7. The number of rotatable bonds is 11. The molecule has 0 fully saturated rings. The van der Waals surface area contributed by atoms with E-state index in [1.165, 1.54) is 4.90 Å². The van der Waals surface area contributed by atoms with Crippen LogP contribution in [0.4, 0.5) is 0 Å². The Balaban J connectivity index is 2.08. The first-order valence-electron chi connectivity index (χ1n) is 9.98. The summed E-state index contributed by atoms with van der Waals surface area (Å²) >= 11 is 0. The molecule has 31 heavy (non-hydrogen) atoms. The van der Waals surface area contributed by atoms with Gasteiger partial charge in [0.1, 0.15) is 11.4 Å². The molecule has 2 amide bonds. The van der Waals surface area contributed by atoms with Crippen LogP contribution < -0.4 is 4.74 Å². The zero-order valence-electron chi connectivity index (χ0n) is 18.0. The van der Waals surface area contributed by atoms with Crippen molar-refractivity contribution in [2.45, 2.75) is 6.54 Å². The summed E-state index contributed by atoms with van der Waals surface area (Å²) in [5, 5.41) is 0. The summed E-state index contributed by atoms with van der Waals surface area (Å²) in [4.78, 5) is 34.2. The van der Waals surface area contributed by atoms with Crippen LogP contribution in [-0.4, -0.2) is 74.2 Å². The van der Waals surface area contributed by atoms with Gasteiger partial charge in [-0.1, -0.05) is 18.2 Å². The smallest absolute Gasteiger partial charge is 0.278 e. The van der Waals surface area contributed by atoms with Gasteiger partial charge in [0.05, 0.1) is 32.4 Å². The van der Waals surface area contributed by atoms with Gasteiger partial charge in [0.2, 0.25) is 0 Å². The Morgan fingerprint density at radius 2 is 1.55 bits per heavy atom. The molecule has 164 valence electrons. The summed E-state index contributed by atoms with van der Waals surface area (Å²) in [7, 11) is 4.74. The number of carbonyl (C=O) groups is 2. The van der Waals surface area contributed by atoms with Gasteiger partial charge >= 0.3 is 0 Å². The maximum atomic E-state index is 13.5. The molecule has 0 N–H and O–H groups in total. The summed E-state index contributed by atoms with van der Waals surface area (Å²) in [6.07, 6.45) is 3.28. The van der Waals surface area contributed by atoms with Crippen molar-refractivity contribution in [3.8, 4) is 5.75 Å². The molecule has 1 aromatic carbocycles. The first-order valence-corrected chi connectivity index (χ1v) is 9.98. The molecule has 8 heteroatoms. The summed E-state index contributed by atoms with van der Waals surface area (Å²) in [6.45, 7) is 1.84. The summed E-state index contributed by atoms with van der Waals surface area (Å²) in [5.74, 6) is -0.184. The molecule has 0 bridgehead atoms. The van der Waals surface area contributed by atoms with Crippen LogP contribution >= 0.6 is 0 Å². The first-order chi connectivity index (χ1) is 15.1. The lowest BCUT2D eigenvalue weighted by molar-refractivity contribution is -0.138. The second-order valence-electron chi connectivity index (χ2n) is 6.95. The van der Waals surface area contributed by atoms with Crippen LogP contribution in [-0.2, 0) is 25.6 Å². The number of ether oxygens (including phenoxy) is 3. The molecule has 2 heterocycles. The third-order valence-electron chi connectivity index (χ3n) is 5.06. The van der Waals surface area contributed by atoms with E-state index in [9.17, 15) is 9.59 Å². The van der Waals surface area contributed by atoms with Crippen LogP contribution in [0.5, 0.6) is 5.75 Å². The van der Waals surface area contributed by atoms with E-state index >= 15 is 0 Å². The molecule has 0 spiro atoms. The van der Waals surface area contributed by atoms with Crippen molar-refractivity contribution in [1.29, 1.82) is 0 Å². The number of carbonyl (C=O) groups excluding carboxylic acids is 2. The van der Waals surface area contributed by atoms with Crippen LogP contribution in [0.25, 0.3) is 5.57 Å². The van der Waals surface area contributed by atoms with E-state index in [0.29, 0.717) is 48.9 Å². The molecule has 8 nitrogen and oxygen atoms in total. The number of nitrogens with zero attached hydrogens (tertiary/aromatic N) is 3. The van der Waals surface area contributed by atoms with Crippen molar-refractivity contribution < 1.29 is 23.8 Å². The average molecular weight is 425 g/mol. The maximum absolute atomic E-state index is 13.5. The third-order valence-corrected chi connectivity index (χ3v) is 5.06. The minimum absolute atomic E-state index is 0.157. The number of para-hydroxylation sites is 1. The minimum atomic E-state index is -0.360. The number of imide groups is 1.